The highest BCUT2D eigenvalue weighted by Crippen LogP contribution is 2.36. The van der Waals surface area contributed by atoms with Crippen molar-refractivity contribution in [1.82, 2.24) is 19.7 Å². The van der Waals surface area contributed by atoms with E-state index in [2.05, 4.69) is 87.6 Å². The van der Waals surface area contributed by atoms with Crippen molar-refractivity contribution in [2.45, 2.75) is 13.0 Å². The Bertz CT molecular complexity index is 1100. The van der Waals surface area contributed by atoms with Crippen molar-refractivity contribution >= 4 is 16.6 Å². The summed E-state index contributed by atoms with van der Waals surface area (Å²) in [6.07, 6.45) is 4.19. The van der Waals surface area contributed by atoms with E-state index in [1.807, 2.05) is 17.9 Å². The van der Waals surface area contributed by atoms with Crippen LogP contribution in [0.4, 0.5) is 5.69 Å². The van der Waals surface area contributed by atoms with Crippen LogP contribution < -0.4 is 4.90 Å². The van der Waals surface area contributed by atoms with Gasteiger partial charge in [-0.2, -0.15) is 5.10 Å². The van der Waals surface area contributed by atoms with Gasteiger partial charge in [0, 0.05) is 72.8 Å². The highest BCUT2D eigenvalue weighted by molar-refractivity contribution is 5.85. The minimum atomic E-state index is 0.206. The molecule has 0 spiro atoms. The van der Waals surface area contributed by atoms with Gasteiger partial charge in [0.15, 0.2) is 0 Å². The molecule has 3 heterocycles. The van der Waals surface area contributed by atoms with Gasteiger partial charge in [-0.15, -0.1) is 0 Å². The second-order valence-electron chi connectivity index (χ2n) is 7.92. The Hall–Kier alpha value is -3.05. The third-order valence-corrected chi connectivity index (χ3v) is 6.06. The minimum Gasteiger partial charge on any atom is -0.369 e. The molecule has 1 aliphatic rings. The molecule has 0 radical (unpaired) electrons. The minimum absolute atomic E-state index is 0.206. The zero-order valence-electron chi connectivity index (χ0n) is 17.0. The molecule has 1 atom stereocenters. The zero-order valence-corrected chi connectivity index (χ0v) is 17.0. The average molecular weight is 386 g/mol. The molecule has 29 heavy (non-hydrogen) atoms. The van der Waals surface area contributed by atoms with Crippen LogP contribution in [0.25, 0.3) is 10.9 Å². The number of rotatable bonds is 4. The molecule has 2 aromatic heterocycles. The van der Waals surface area contributed by atoms with Crippen LogP contribution in [0.3, 0.4) is 0 Å². The first-order valence-corrected chi connectivity index (χ1v) is 10.3. The fourth-order valence-electron chi connectivity index (χ4n) is 4.67. The Morgan fingerprint density at radius 1 is 0.931 bits per heavy atom. The lowest BCUT2D eigenvalue weighted by atomic mass is 9.96. The quantitative estimate of drug-likeness (QED) is 0.574. The van der Waals surface area contributed by atoms with Crippen LogP contribution in [0.15, 0.2) is 67.0 Å². The predicted molar refractivity (Wildman–Crippen MR) is 118 cm³/mol. The molecule has 5 heteroatoms. The first kappa shape index (κ1) is 18.0. The number of hydrogen-bond acceptors (Lipinski definition) is 3. The van der Waals surface area contributed by atoms with Crippen molar-refractivity contribution in [3.05, 3.63) is 83.8 Å². The Kier molecular flexibility index (Phi) is 4.60. The summed E-state index contributed by atoms with van der Waals surface area (Å²) in [6.45, 7) is 6.30. The SMILES string of the molecule is Cc1[nH]c2ccccc2c1C(c1cnn(C)c1)N1CCN(c2ccccc2)CC1. The average Bonchev–Trinajstić information content (AvgIpc) is 3.33. The molecular formula is C24H27N5. The van der Waals surface area contributed by atoms with E-state index in [1.54, 1.807) is 0 Å². The molecule has 0 amide bonds. The third kappa shape index (κ3) is 3.32. The van der Waals surface area contributed by atoms with Gasteiger partial charge in [-0.05, 0) is 25.1 Å². The highest BCUT2D eigenvalue weighted by Gasteiger charge is 2.30. The number of piperazine rings is 1. The molecule has 0 bridgehead atoms. The van der Waals surface area contributed by atoms with E-state index in [9.17, 15) is 0 Å². The van der Waals surface area contributed by atoms with Gasteiger partial charge in [0.05, 0.1) is 12.2 Å². The van der Waals surface area contributed by atoms with Crippen molar-refractivity contribution in [2.24, 2.45) is 7.05 Å². The fourth-order valence-corrected chi connectivity index (χ4v) is 4.67. The van der Waals surface area contributed by atoms with E-state index in [0.29, 0.717) is 0 Å². The molecule has 0 saturated carbocycles. The van der Waals surface area contributed by atoms with Crippen LogP contribution in [-0.2, 0) is 7.05 Å². The van der Waals surface area contributed by atoms with E-state index in [-0.39, 0.29) is 6.04 Å². The van der Waals surface area contributed by atoms with Crippen LogP contribution >= 0.6 is 0 Å². The van der Waals surface area contributed by atoms with Gasteiger partial charge < -0.3 is 9.88 Å². The Morgan fingerprint density at radius 3 is 2.38 bits per heavy atom. The molecule has 5 rings (SSSR count). The summed E-state index contributed by atoms with van der Waals surface area (Å²) in [5, 5.41) is 5.79. The maximum Gasteiger partial charge on any atom is 0.0657 e. The number of nitrogens with zero attached hydrogens (tertiary/aromatic N) is 4. The molecule has 1 fully saturated rings. The topological polar surface area (TPSA) is 40.1 Å². The van der Waals surface area contributed by atoms with Gasteiger partial charge in [-0.25, -0.2) is 0 Å². The summed E-state index contributed by atoms with van der Waals surface area (Å²) in [7, 11) is 2.00. The van der Waals surface area contributed by atoms with Crippen molar-refractivity contribution in [1.29, 1.82) is 0 Å². The van der Waals surface area contributed by atoms with Crippen molar-refractivity contribution in [3.8, 4) is 0 Å². The van der Waals surface area contributed by atoms with Crippen LogP contribution in [0.2, 0.25) is 0 Å². The number of para-hydroxylation sites is 2. The van der Waals surface area contributed by atoms with Gasteiger partial charge in [0.25, 0.3) is 0 Å². The lowest BCUT2D eigenvalue weighted by Gasteiger charge is -2.40. The summed E-state index contributed by atoms with van der Waals surface area (Å²) in [5.41, 5.74) is 6.39. The molecule has 4 aromatic rings. The van der Waals surface area contributed by atoms with E-state index in [1.165, 1.54) is 33.4 Å². The van der Waals surface area contributed by atoms with E-state index in [0.717, 1.165) is 26.2 Å². The van der Waals surface area contributed by atoms with Gasteiger partial charge >= 0.3 is 0 Å². The van der Waals surface area contributed by atoms with E-state index in [4.69, 9.17) is 0 Å². The molecular weight excluding hydrogens is 358 g/mol. The van der Waals surface area contributed by atoms with Crippen molar-refractivity contribution in [2.75, 3.05) is 31.1 Å². The zero-order chi connectivity index (χ0) is 19.8. The number of fused-ring (bicyclic) bond motifs is 1. The van der Waals surface area contributed by atoms with Crippen LogP contribution in [-0.4, -0.2) is 45.8 Å². The van der Waals surface area contributed by atoms with Gasteiger partial charge in [0.2, 0.25) is 0 Å². The van der Waals surface area contributed by atoms with Crippen LogP contribution in [0, 0.1) is 6.92 Å². The first-order chi connectivity index (χ1) is 14.2. The second kappa shape index (κ2) is 7.41. The fraction of sp³-hybridized carbons (Fsp3) is 0.292. The summed E-state index contributed by atoms with van der Waals surface area (Å²) < 4.78 is 1.91. The summed E-state index contributed by atoms with van der Waals surface area (Å²) >= 11 is 0. The lowest BCUT2D eigenvalue weighted by molar-refractivity contribution is 0.213. The van der Waals surface area contributed by atoms with Crippen LogP contribution in [0.1, 0.15) is 22.9 Å². The molecule has 1 aliphatic heterocycles. The molecule has 5 nitrogen and oxygen atoms in total. The lowest BCUT2D eigenvalue weighted by Crippen LogP contribution is -2.48. The third-order valence-electron chi connectivity index (χ3n) is 6.06. The van der Waals surface area contributed by atoms with Crippen LogP contribution in [0.5, 0.6) is 0 Å². The number of anilines is 1. The monoisotopic (exact) mass is 385 g/mol. The van der Waals surface area contributed by atoms with Gasteiger partial charge in [-0.3, -0.25) is 9.58 Å². The summed E-state index contributed by atoms with van der Waals surface area (Å²) in [5.74, 6) is 0. The summed E-state index contributed by atoms with van der Waals surface area (Å²) in [4.78, 5) is 8.69. The van der Waals surface area contributed by atoms with E-state index < -0.39 is 0 Å². The van der Waals surface area contributed by atoms with Gasteiger partial charge in [-0.1, -0.05) is 36.4 Å². The molecule has 1 saturated heterocycles. The highest BCUT2D eigenvalue weighted by atomic mass is 15.3. The smallest absolute Gasteiger partial charge is 0.0657 e. The van der Waals surface area contributed by atoms with E-state index >= 15 is 0 Å². The molecule has 0 aliphatic carbocycles. The van der Waals surface area contributed by atoms with Crippen molar-refractivity contribution in [3.63, 3.8) is 0 Å². The standard InChI is InChI=1S/C24H27N5/c1-18-23(21-10-6-7-11-22(21)26-18)24(19-16-25-27(2)17-19)29-14-12-28(13-15-29)20-8-4-3-5-9-20/h3-11,16-17,24,26H,12-15H2,1-2H3. The maximum absolute atomic E-state index is 4.48. The Morgan fingerprint density at radius 2 is 1.66 bits per heavy atom. The Balaban J connectivity index is 1.50. The van der Waals surface area contributed by atoms with Crippen molar-refractivity contribution < 1.29 is 0 Å². The predicted octanol–water partition coefficient (Wildman–Crippen LogP) is 4.12. The largest absolute Gasteiger partial charge is 0.369 e. The maximum atomic E-state index is 4.48. The van der Waals surface area contributed by atoms with Gasteiger partial charge in [0.1, 0.15) is 0 Å². The number of hydrogen-bond donors (Lipinski definition) is 1. The number of aromatic nitrogens is 3. The first-order valence-electron chi connectivity index (χ1n) is 10.3. The molecule has 2 aromatic carbocycles. The number of H-pyrrole nitrogens is 1. The molecule has 1 unspecified atom stereocenters. The number of aromatic amines is 1. The second-order valence-corrected chi connectivity index (χ2v) is 7.92. The molecule has 148 valence electrons. The summed E-state index contributed by atoms with van der Waals surface area (Å²) in [6, 6.07) is 19.6. The Labute approximate surface area is 171 Å². The number of benzene rings is 2. The normalized spacial score (nSPS) is 16.4. The number of nitrogens with one attached hydrogen (secondary N) is 1. The molecule has 1 N–H and O–H groups in total. The number of aryl methyl sites for hydroxylation is 2.